The van der Waals surface area contributed by atoms with Crippen LogP contribution in [0.15, 0.2) is 84.9 Å². The smallest absolute Gasteiger partial charge is 0.355 e. The van der Waals surface area contributed by atoms with Gasteiger partial charge in [-0.2, -0.15) is 5.10 Å². The summed E-state index contributed by atoms with van der Waals surface area (Å²) in [5.41, 5.74) is 9.40. The van der Waals surface area contributed by atoms with Crippen molar-refractivity contribution in [2.75, 3.05) is 55.7 Å². The first-order valence-corrected chi connectivity index (χ1v) is 18.4. The molecule has 4 aromatic carbocycles. The lowest BCUT2D eigenvalue weighted by molar-refractivity contribution is 0.0512. The number of H-pyrrole nitrogens is 1. The van der Waals surface area contributed by atoms with Crippen LogP contribution in [0.3, 0.4) is 0 Å². The van der Waals surface area contributed by atoms with E-state index in [-0.39, 0.29) is 5.97 Å². The molecule has 2 aliphatic heterocycles. The third kappa shape index (κ3) is 6.42. The monoisotopic (exact) mass is 682 g/mol. The van der Waals surface area contributed by atoms with Crippen LogP contribution in [0.2, 0.25) is 0 Å². The highest BCUT2D eigenvalue weighted by Gasteiger charge is 2.28. The maximum atomic E-state index is 13.9. The summed E-state index contributed by atoms with van der Waals surface area (Å²) in [6.45, 7) is 11.1. The zero-order valence-electron chi connectivity index (χ0n) is 29.6. The molecule has 9 heteroatoms. The van der Waals surface area contributed by atoms with Crippen molar-refractivity contribution in [3.8, 4) is 16.9 Å². The molecule has 0 unspecified atom stereocenters. The summed E-state index contributed by atoms with van der Waals surface area (Å²) >= 11 is 0. The first-order chi connectivity index (χ1) is 25.1. The third-order valence-electron chi connectivity index (χ3n) is 10.4. The van der Waals surface area contributed by atoms with Gasteiger partial charge in [0, 0.05) is 72.5 Å². The quantitative estimate of drug-likeness (QED) is 0.121. The van der Waals surface area contributed by atoms with E-state index in [4.69, 9.17) is 14.6 Å². The van der Waals surface area contributed by atoms with E-state index in [0.717, 1.165) is 101 Å². The number of anilines is 2. The number of para-hydroxylation sites is 1. The van der Waals surface area contributed by atoms with Crippen LogP contribution in [0.25, 0.3) is 32.8 Å². The van der Waals surface area contributed by atoms with E-state index in [1.54, 1.807) is 0 Å². The Balaban J connectivity index is 1.13. The van der Waals surface area contributed by atoms with Gasteiger partial charge in [-0.3, -0.25) is 5.10 Å². The molecular weight excluding hydrogens is 637 g/mol. The minimum atomic E-state index is -0.272. The number of rotatable bonds is 9. The Morgan fingerprint density at radius 3 is 2.41 bits per heavy atom. The summed E-state index contributed by atoms with van der Waals surface area (Å²) in [5, 5.41) is 14.9. The average molecular weight is 683 g/mol. The number of fused-ring (bicyclic) bond motifs is 3. The molecular formula is C42H46N6O3. The number of nitrogens with one attached hydrogen (secondary N) is 2. The summed E-state index contributed by atoms with van der Waals surface area (Å²) < 4.78 is 14.3. The molecule has 0 spiro atoms. The van der Waals surface area contributed by atoms with E-state index in [0.29, 0.717) is 38.4 Å². The number of aromatic amines is 1. The predicted molar refractivity (Wildman–Crippen MR) is 205 cm³/mol. The minimum Gasteiger partial charge on any atom is -0.493 e. The Morgan fingerprint density at radius 2 is 1.59 bits per heavy atom. The van der Waals surface area contributed by atoms with E-state index in [1.807, 2.05) is 31.2 Å². The van der Waals surface area contributed by atoms with Crippen LogP contribution in [0.5, 0.6) is 5.75 Å². The molecule has 2 aromatic heterocycles. The van der Waals surface area contributed by atoms with E-state index in [2.05, 4.69) is 92.4 Å². The highest BCUT2D eigenvalue weighted by atomic mass is 16.5. The van der Waals surface area contributed by atoms with Crippen LogP contribution in [0.1, 0.15) is 47.2 Å². The molecule has 0 saturated carbocycles. The number of nitrogens with zero attached hydrogens (tertiary/aromatic N) is 4. The Hall–Kier alpha value is -5.28. The molecule has 0 amide bonds. The fourth-order valence-electron chi connectivity index (χ4n) is 8.00. The maximum absolute atomic E-state index is 13.9. The molecule has 6 aromatic rings. The van der Waals surface area contributed by atoms with E-state index in [9.17, 15) is 4.79 Å². The fourth-order valence-corrected chi connectivity index (χ4v) is 8.00. The molecule has 4 heterocycles. The molecule has 9 nitrogen and oxygen atoms in total. The molecule has 8 rings (SSSR count). The topological polar surface area (TPSA) is 87.7 Å². The SMILES string of the molecule is CCOC(=O)c1c(CCCOc2cccc3ccccc23)c2cccc3c2n1CCCN(c1ccc(N2CCNCC2)cc1)Cc1[nH]nc(C)c1-3. The number of carbonyl (C=O) groups is 1. The van der Waals surface area contributed by atoms with Crippen molar-refractivity contribution in [2.24, 2.45) is 0 Å². The molecule has 2 aliphatic rings. The van der Waals surface area contributed by atoms with Gasteiger partial charge in [0.25, 0.3) is 0 Å². The standard InChI is InChI=1S/C42H46N6O3/c1-3-50-42(49)41-35(15-8-27-51-38-16-6-11-30-10-4-5-12-33(30)38)34-13-7-14-36-39-29(2)44-45-37(39)28-47(23-9-24-48(41)40(34)36)32-19-17-31(18-20-32)46-25-21-43-22-26-46/h4-7,10-14,16-20,43H,3,8-9,15,21-28H2,1-2H3,(H,44,45). The van der Waals surface area contributed by atoms with E-state index >= 15 is 0 Å². The van der Waals surface area contributed by atoms with Crippen LogP contribution in [-0.2, 0) is 24.2 Å². The number of hydrogen-bond donors (Lipinski definition) is 2. The number of carbonyl (C=O) groups excluding carboxylic acids is 1. The lowest BCUT2D eigenvalue weighted by Crippen LogP contribution is -2.43. The van der Waals surface area contributed by atoms with Crippen molar-refractivity contribution in [3.05, 3.63) is 108 Å². The fraction of sp³-hybridized carbons (Fsp3) is 0.333. The van der Waals surface area contributed by atoms with Crippen LogP contribution in [0.4, 0.5) is 11.4 Å². The van der Waals surface area contributed by atoms with Crippen molar-refractivity contribution in [1.29, 1.82) is 0 Å². The van der Waals surface area contributed by atoms with Gasteiger partial charge >= 0.3 is 5.97 Å². The maximum Gasteiger partial charge on any atom is 0.355 e. The average Bonchev–Trinajstić information content (AvgIpc) is 3.70. The number of esters is 1. The summed E-state index contributed by atoms with van der Waals surface area (Å²) in [6.07, 6.45) is 2.30. The molecule has 2 N–H and O–H groups in total. The largest absolute Gasteiger partial charge is 0.493 e. The molecule has 0 atom stereocenters. The Labute approximate surface area is 299 Å². The molecule has 0 bridgehead atoms. The van der Waals surface area contributed by atoms with Gasteiger partial charge in [-0.25, -0.2) is 4.79 Å². The van der Waals surface area contributed by atoms with E-state index in [1.165, 1.54) is 11.4 Å². The van der Waals surface area contributed by atoms with Gasteiger partial charge in [0.1, 0.15) is 11.4 Å². The predicted octanol–water partition coefficient (Wildman–Crippen LogP) is 7.50. The van der Waals surface area contributed by atoms with Crippen LogP contribution in [0, 0.1) is 6.92 Å². The minimum absolute atomic E-state index is 0.272. The lowest BCUT2D eigenvalue weighted by Gasteiger charge is -2.31. The van der Waals surface area contributed by atoms with Gasteiger partial charge in [-0.15, -0.1) is 0 Å². The molecule has 262 valence electrons. The van der Waals surface area contributed by atoms with Gasteiger partial charge in [0.05, 0.1) is 36.7 Å². The number of aromatic nitrogens is 3. The van der Waals surface area contributed by atoms with Gasteiger partial charge in [-0.05, 0) is 74.4 Å². The molecule has 0 aliphatic carbocycles. The first kappa shape index (κ1) is 32.9. The van der Waals surface area contributed by atoms with Gasteiger partial charge in [0.2, 0.25) is 0 Å². The number of hydrogen-bond acceptors (Lipinski definition) is 7. The second-order valence-corrected chi connectivity index (χ2v) is 13.5. The zero-order chi connectivity index (χ0) is 34.7. The number of benzene rings is 4. The van der Waals surface area contributed by atoms with E-state index < -0.39 is 0 Å². The van der Waals surface area contributed by atoms with Crippen LogP contribution < -0.4 is 19.9 Å². The van der Waals surface area contributed by atoms with Crippen molar-refractivity contribution in [3.63, 3.8) is 0 Å². The summed E-state index contributed by atoms with van der Waals surface area (Å²) in [5.74, 6) is 0.610. The zero-order valence-corrected chi connectivity index (χ0v) is 29.6. The van der Waals surface area contributed by atoms with Gasteiger partial charge in [0.15, 0.2) is 0 Å². The van der Waals surface area contributed by atoms with Crippen LogP contribution >= 0.6 is 0 Å². The van der Waals surface area contributed by atoms with Crippen LogP contribution in [-0.4, -0.2) is 66.7 Å². The van der Waals surface area contributed by atoms with Crippen molar-refractivity contribution in [2.45, 2.75) is 46.2 Å². The number of ether oxygens (including phenoxy) is 2. The Kier molecular flexibility index (Phi) is 9.37. The van der Waals surface area contributed by atoms with Crippen molar-refractivity contribution < 1.29 is 14.3 Å². The normalized spacial score (nSPS) is 14.9. The second kappa shape index (κ2) is 14.5. The summed E-state index contributed by atoms with van der Waals surface area (Å²) in [4.78, 5) is 18.8. The Morgan fingerprint density at radius 1 is 0.843 bits per heavy atom. The lowest BCUT2D eigenvalue weighted by atomic mass is 9.98. The number of aryl methyl sites for hydroxylation is 3. The molecule has 0 radical (unpaired) electrons. The highest BCUT2D eigenvalue weighted by molar-refractivity contribution is 6.05. The third-order valence-corrected chi connectivity index (χ3v) is 10.4. The Bertz CT molecular complexity index is 2160. The first-order valence-electron chi connectivity index (χ1n) is 18.4. The second-order valence-electron chi connectivity index (χ2n) is 13.5. The van der Waals surface area contributed by atoms with Crippen molar-refractivity contribution in [1.82, 2.24) is 20.1 Å². The van der Waals surface area contributed by atoms with Gasteiger partial charge < -0.3 is 29.2 Å². The summed E-state index contributed by atoms with van der Waals surface area (Å²) in [7, 11) is 0. The summed E-state index contributed by atoms with van der Waals surface area (Å²) in [6, 6.07) is 29.9. The highest BCUT2D eigenvalue weighted by Crippen LogP contribution is 2.39. The molecule has 1 saturated heterocycles. The number of piperazine rings is 1. The van der Waals surface area contributed by atoms with Crippen molar-refractivity contribution >= 4 is 39.0 Å². The molecule has 51 heavy (non-hydrogen) atoms. The molecule has 1 fully saturated rings. The van der Waals surface area contributed by atoms with Gasteiger partial charge in [-0.1, -0.05) is 54.6 Å².